The Morgan fingerprint density at radius 2 is 2.10 bits per heavy atom. The lowest BCUT2D eigenvalue weighted by Gasteiger charge is -2.31. The van der Waals surface area contributed by atoms with E-state index in [4.69, 9.17) is 4.74 Å². The van der Waals surface area contributed by atoms with Gasteiger partial charge in [-0.05, 0) is 43.6 Å². The first-order valence-electron chi connectivity index (χ1n) is 6.76. The maximum Gasteiger partial charge on any atom is 0.227 e. The van der Waals surface area contributed by atoms with E-state index in [1.54, 1.807) is 7.11 Å². The van der Waals surface area contributed by atoms with E-state index in [0.717, 1.165) is 24.3 Å². The fourth-order valence-electron chi connectivity index (χ4n) is 2.14. The van der Waals surface area contributed by atoms with E-state index in [1.807, 2.05) is 38.1 Å². The number of amides is 1. The molecule has 1 saturated heterocycles. The van der Waals surface area contributed by atoms with Crippen molar-refractivity contribution >= 4 is 24.0 Å². The van der Waals surface area contributed by atoms with Crippen molar-refractivity contribution < 1.29 is 9.53 Å². The predicted octanol–water partition coefficient (Wildman–Crippen LogP) is 2.61. The second-order valence-electron chi connectivity index (χ2n) is 5.20. The van der Waals surface area contributed by atoms with Crippen LogP contribution in [0.4, 0.5) is 5.69 Å². The summed E-state index contributed by atoms with van der Waals surface area (Å²) in [5.41, 5.74) is 1.91. The highest BCUT2D eigenvalue weighted by atomic mass is 35.5. The monoisotopic (exact) mass is 298 g/mol. The van der Waals surface area contributed by atoms with E-state index < -0.39 is 0 Å². The minimum Gasteiger partial charge on any atom is -0.377 e. The van der Waals surface area contributed by atoms with E-state index in [9.17, 15) is 4.79 Å². The van der Waals surface area contributed by atoms with Crippen molar-refractivity contribution in [3.8, 4) is 0 Å². The summed E-state index contributed by atoms with van der Waals surface area (Å²) in [5.74, 6) is 0.597. The molecule has 112 valence electrons. The van der Waals surface area contributed by atoms with Crippen LogP contribution in [0.1, 0.15) is 25.5 Å². The van der Waals surface area contributed by atoms with Crippen molar-refractivity contribution in [1.29, 1.82) is 0 Å². The van der Waals surface area contributed by atoms with Gasteiger partial charge in [0, 0.05) is 18.7 Å². The number of nitrogens with one attached hydrogen (secondary N) is 2. The van der Waals surface area contributed by atoms with Crippen LogP contribution < -0.4 is 10.6 Å². The molecule has 0 spiro atoms. The first-order chi connectivity index (χ1) is 9.11. The zero-order valence-corrected chi connectivity index (χ0v) is 13.0. The molecule has 2 unspecified atom stereocenters. The van der Waals surface area contributed by atoms with Crippen molar-refractivity contribution in [2.24, 2.45) is 11.8 Å². The van der Waals surface area contributed by atoms with Gasteiger partial charge in [-0.1, -0.05) is 19.1 Å². The highest BCUT2D eigenvalue weighted by Gasteiger charge is 2.28. The van der Waals surface area contributed by atoms with Crippen LogP contribution in [0.2, 0.25) is 0 Å². The number of rotatable bonds is 5. The van der Waals surface area contributed by atoms with Crippen LogP contribution in [0.5, 0.6) is 0 Å². The molecule has 0 aromatic heterocycles. The van der Waals surface area contributed by atoms with Crippen LogP contribution in [-0.4, -0.2) is 26.1 Å². The molecular weight excluding hydrogens is 276 g/mol. The first-order valence-corrected chi connectivity index (χ1v) is 6.76. The van der Waals surface area contributed by atoms with Crippen LogP contribution in [-0.2, 0) is 9.53 Å². The minimum absolute atomic E-state index is 0. The second kappa shape index (κ2) is 7.62. The molecule has 20 heavy (non-hydrogen) atoms. The maximum atomic E-state index is 12.1. The van der Waals surface area contributed by atoms with Gasteiger partial charge in [0.2, 0.25) is 5.91 Å². The molecule has 1 heterocycles. The number of hydrogen-bond donors (Lipinski definition) is 2. The SMILES string of the molecule is COC(C)c1cccc(NC(=O)C(C)C2CNC2)c1.Cl. The Labute approximate surface area is 126 Å². The van der Waals surface area contributed by atoms with Gasteiger partial charge in [-0.25, -0.2) is 0 Å². The Morgan fingerprint density at radius 1 is 1.40 bits per heavy atom. The highest BCUT2D eigenvalue weighted by molar-refractivity contribution is 5.92. The summed E-state index contributed by atoms with van der Waals surface area (Å²) in [7, 11) is 1.68. The number of methoxy groups -OCH3 is 1. The molecule has 1 amide bonds. The summed E-state index contributed by atoms with van der Waals surface area (Å²) in [6.45, 7) is 5.86. The van der Waals surface area contributed by atoms with E-state index >= 15 is 0 Å². The normalized spacial score (nSPS) is 17.6. The van der Waals surface area contributed by atoms with Crippen molar-refractivity contribution in [2.75, 3.05) is 25.5 Å². The number of carbonyl (C=O) groups excluding carboxylic acids is 1. The van der Waals surface area contributed by atoms with Gasteiger partial charge in [0.05, 0.1) is 6.10 Å². The Kier molecular flexibility index (Phi) is 6.46. The van der Waals surface area contributed by atoms with Gasteiger partial charge in [0.15, 0.2) is 0 Å². The first kappa shape index (κ1) is 17.0. The summed E-state index contributed by atoms with van der Waals surface area (Å²) < 4.78 is 5.29. The van der Waals surface area contributed by atoms with Crippen LogP contribution in [0.25, 0.3) is 0 Å². The van der Waals surface area contributed by atoms with Gasteiger partial charge in [-0.2, -0.15) is 0 Å². The average molecular weight is 299 g/mol. The van der Waals surface area contributed by atoms with Crippen molar-refractivity contribution in [3.63, 3.8) is 0 Å². The molecule has 1 aromatic carbocycles. The summed E-state index contributed by atoms with van der Waals surface area (Å²) in [6.07, 6.45) is 0.0325. The molecule has 1 aromatic rings. The molecule has 0 bridgehead atoms. The van der Waals surface area contributed by atoms with Crippen LogP contribution in [0.3, 0.4) is 0 Å². The van der Waals surface area contributed by atoms with E-state index in [2.05, 4.69) is 10.6 Å². The van der Waals surface area contributed by atoms with E-state index in [-0.39, 0.29) is 30.3 Å². The zero-order valence-electron chi connectivity index (χ0n) is 12.2. The van der Waals surface area contributed by atoms with E-state index in [0.29, 0.717) is 5.92 Å². The fourth-order valence-corrected chi connectivity index (χ4v) is 2.14. The Hall–Kier alpha value is -1.10. The van der Waals surface area contributed by atoms with Gasteiger partial charge in [0.1, 0.15) is 0 Å². The number of ether oxygens (including phenoxy) is 1. The van der Waals surface area contributed by atoms with E-state index in [1.165, 1.54) is 0 Å². The molecule has 0 aliphatic carbocycles. The number of hydrogen-bond acceptors (Lipinski definition) is 3. The lowest BCUT2D eigenvalue weighted by atomic mass is 9.88. The Morgan fingerprint density at radius 3 is 2.65 bits per heavy atom. The third kappa shape index (κ3) is 3.95. The summed E-state index contributed by atoms with van der Waals surface area (Å²) in [6, 6.07) is 7.83. The lowest BCUT2D eigenvalue weighted by Crippen LogP contribution is -2.48. The highest BCUT2D eigenvalue weighted by Crippen LogP contribution is 2.22. The molecule has 5 heteroatoms. The minimum atomic E-state index is 0. The number of anilines is 1. The molecule has 2 rings (SSSR count). The quantitative estimate of drug-likeness (QED) is 0.878. The third-order valence-electron chi connectivity index (χ3n) is 3.91. The van der Waals surface area contributed by atoms with Gasteiger partial charge in [-0.15, -0.1) is 12.4 Å². The lowest BCUT2D eigenvalue weighted by molar-refractivity contribution is -0.121. The Balaban J connectivity index is 0.00000200. The summed E-state index contributed by atoms with van der Waals surface area (Å²) in [4.78, 5) is 12.1. The molecule has 1 fully saturated rings. The summed E-state index contributed by atoms with van der Waals surface area (Å²) >= 11 is 0. The largest absolute Gasteiger partial charge is 0.377 e. The molecule has 1 aliphatic rings. The van der Waals surface area contributed by atoms with Crippen molar-refractivity contribution in [2.45, 2.75) is 20.0 Å². The standard InChI is InChI=1S/C15H22N2O2.ClH/c1-10(13-8-16-9-13)15(18)17-14-6-4-5-12(7-14)11(2)19-3;/h4-7,10-11,13,16H,8-9H2,1-3H3,(H,17,18);1H. The molecule has 4 nitrogen and oxygen atoms in total. The van der Waals surface area contributed by atoms with Gasteiger partial charge in [-0.3, -0.25) is 4.79 Å². The summed E-state index contributed by atoms with van der Waals surface area (Å²) in [5, 5.41) is 6.18. The number of halogens is 1. The van der Waals surface area contributed by atoms with Crippen molar-refractivity contribution in [1.82, 2.24) is 5.32 Å². The topological polar surface area (TPSA) is 50.4 Å². The van der Waals surface area contributed by atoms with Gasteiger partial charge < -0.3 is 15.4 Å². The third-order valence-corrected chi connectivity index (χ3v) is 3.91. The van der Waals surface area contributed by atoms with Crippen molar-refractivity contribution in [3.05, 3.63) is 29.8 Å². The predicted molar refractivity (Wildman–Crippen MR) is 83.3 cm³/mol. The average Bonchev–Trinajstić information content (AvgIpc) is 2.36. The molecule has 0 saturated carbocycles. The maximum absolute atomic E-state index is 12.1. The van der Waals surface area contributed by atoms with Crippen LogP contribution in [0, 0.1) is 11.8 Å². The molecule has 1 aliphatic heterocycles. The number of benzene rings is 1. The molecular formula is C15H23ClN2O2. The van der Waals surface area contributed by atoms with Gasteiger partial charge >= 0.3 is 0 Å². The zero-order chi connectivity index (χ0) is 13.8. The van der Waals surface area contributed by atoms with Crippen LogP contribution >= 0.6 is 12.4 Å². The molecule has 2 N–H and O–H groups in total. The Bertz CT molecular complexity index is 449. The fraction of sp³-hybridized carbons (Fsp3) is 0.533. The van der Waals surface area contributed by atoms with Crippen LogP contribution in [0.15, 0.2) is 24.3 Å². The molecule has 0 radical (unpaired) electrons. The second-order valence-corrected chi connectivity index (χ2v) is 5.20. The van der Waals surface area contributed by atoms with Gasteiger partial charge in [0.25, 0.3) is 0 Å². The molecule has 2 atom stereocenters. The smallest absolute Gasteiger partial charge is 0.227 e. The number of carbonyl (C=O) groups is 1.